The number of aryl methyl sites for hydroxylation is 1. The van der Waals surface area contributed by atoms with Gasteiger partial charge in [0.15, 0.2) is 0 Å². The van der Waals surface area contributed by atoms with Crippen LogP contribution < -0.4 is 10.6 Å². The molecule has 0 bridgehead atoms. The molecule has 25 heavy (non-hydrogen) atoms. The van der Waals surface area contributed by atoms with Gasteiger partial charge in [-0.3, -0.25) is 0 Å². The number of methoxy groups -OCH3 is 1. The highest BCUT2D eigenvalue weighted by molar-refractivity contribution is 5.68. The molecule has 0 spiro atoms. The van der Waals surface area contributed by atoms with Crippen LogP contribution in [0, 0.1) is 6.92 Å². The van der Waals surface area contributed by atoms with Crippen molar-refractivity contribution in [2.24, 2.45) is 0 Å². The fourth-order valence-electron chi connectivity index (χ4n) is 2.83. The summed E-state index contributed by atoms with van der Waals surface area (Å²) >= 11 is 0. The molecule has 0 radical (unpaired) electrons. The summed E-state index contributed by atoms with van der Waals surface area (Å²) in [6, 6.07) is 8.46. The maximum atomic E-state index is 5.08. The average Bonchev–Trinajstić information content (AvgIpc) is 2.54. The molecule has 5 nitrogen and oxygen atoms in total. The summed E-state index contributed by atoms with van der Waals surface area (Å²) in [4.78, 5) is 9.01. The summed E-state index contributed by atoms with van der Waals surface area (Å²) in [6.07, 6.45) is 0. The Morgan fingerprint density at radius 3 is 2.16 bits per heavy atom. The van der Waals surface area contributed by atoms with Crippen LogP contribution in [0.1, 0.15) is 56.5 Å². The lowest BCUT2D eigenvalue weighted by molar-refractivity contribution is 0.210. The third-order valence-electron chi connectivity index (χ3n) is 4.08. The number of benzene rings is 1. The molecule has 0 saturated carbocycles. The van der Waals surface area contributed by atoms with Crippen molar-refractivity contribution in [3.8, 4) is 0 Å². The van der Waals surface area contributed by atoms with E-state index in [1.807, 2.05) is 13.0 Å². The molecule has 136 valence electrons. The monoisotopic (exact) mass is 342 g/mol. The largest absolute Gasteiger partial charge is 0.383 e. The minimum Gasteiger partial charge on any atom is -0.383 e. The highest BCUT2D eigenvalue weighted by Crippen LogP contribution is 2.34. The topological polar surface area (TPSA) is 59.1 Å². The Labute approximate surface area is 151 Å². The number of nitrogens with zero attached hydrogens (tertiary/aromatic N) is 2. The Balaban J connectivity index is 2.35. The van der Waals surface area contributed by atoms with Crippen LogP contribution in [0.4, 0.5) is 17.3 Å². The third kappa shape index (κ3) is 5.16. The van der Waals surface area contributed by atoms with E-state index in [4.69, 9.17) is 4.74 Å². The molecule has 0 aliphatic heterocycles. The zero-order valence-corrected chi connectivity index (χ0v) is 16.2. The van der Waals surface area contributed by atoms with E-state index in [-0.39, 0.29) is 0 Å². The van der Waals surface area contributed by atoms with Crippen LogP contribution in [0.5, 0.6) is 0 Å². The van der Waals surface area contributed by atoms with Crippen LogP contribution in [0.15, 0.2) is 24.3 Å². The van der Waals surface area contributed by atoms with Gasteiger partial charge in [-0.15, -0.1) is 0 Å². The van der Waals surface area contributed by atoms with Gasteiger partial charge in [0.1, 0.15) is 17.5 Å². The fourth-order valence-corrected chi connectivity index (χ4v) is 2.83. The predicted octanol–water partition coefficient (Wildman–Crippen LogP) is 4.83. The van der Waals surface area contributed by atoms with Gasteiger partial charge in [0, 0.05) is 25.4 Å². The van der Waals surface area contributed by atoms with Crippen LogP contribution in [-0.4, -0.2) is 30.2 Å². The minimum atomic E-state index is 0.434. The molecule has 2 aromatic rings. The molecule has 2 rings (SSSR count). The molecule has 0 amide bonds. The van der Waals surface area contributed by atoms with E-state index in [9.17, 15) is 0 Å². The molecule has 0 aliphatic carbocycles. The van der Waals surface area contributed by atoms with Crippen LogP contribution in [0.25, 0.3) is 0 Å². The normalized spacial score (nSPS) is 11.2. The van der Waals surface area contributed by atoms with Crippen molar-refractivity contribution in [2.75, 3.05) is 30.9 Å². The van der Waals surface area contributed by atoms with Crippen molar-refractivity contribution in [3.05, 3.63) is 41.2 Å². The standard InChI is InChI=1S/C20H30N4O/c1-13(2)16-8-7-9-17(14(3)4)20(16)24-19-12-18(21-10-11-25-6)22-15(5)23-19/h7-9,12-14H,10-11H2,1-6H3,(H2,21,22,23,24). The summed E-state index contributed by atoms with van der Waals surface area (Å²) in [7, 11) is 1.69. The highest BCUT2D eigenvalue weighted by Gasteiger charge is 2.15. The Hall–Kier alpha value is -2.14. The molecular formula is C20H30N4O. The summed E-state index contributed by atoms with van der Waals surface area (Å²) in [5, 5.41) is 6.82. The number of hydrogen-bond donors (Lipinski definition) is 2. The molecular weight excluding hydrogens is 312 g/mol. The fraction of sp³-hybridized carbons (Fsp3) is 0.500. The molecule has 0 atom stereocenters. The zero-order chi connectivity index (χ0) is 18.4. The second-order valence-electron chi connectivity index (χ2n) is 6.85. The van der Waals surface area contributed by atoms with E-state index in [1.54, 1.807) is 7.11 Å². The van der Waals surface area contributed by atoms with Crippen molar-refractivity contribution < 1.29 is 4.74 Å². The Bertz CT molecular complexity index is 672. The van der Waals surface area contributed by atoms with Gasteiger partial charge in [-0.1, -0.05) is 45.9 Å². The van der Waals surface area contributed by atoms with Crippen LogP contribution in [0.3, 0.4) is 0 Å². The van der Waals surface area contributed by atoms with E-state index in [0.717, 1.165) is 23.1 Å². The van der Waals surface area contributed by atoms with Crippen molar-refractivity contribution >= 4 is 17.3 Å². The third-order valence-corrected chi connectivity index (χ3v) is 4.08. The first-order chi connectivity index (χ1) is 11.9. The molecule has 0 unspecified atom stereocenters. The molecule has 2 N–H and O–H groups in total. The van der Waals surface area contributed by atoms with E-state index in [2.05, 4.69) is 66.5 Å². The van der Waals surface area contributed by atoms with E-state index >= 15 is 0 Å². The van der Waals surface area contributed by atoms with Crippen molar-refractivity contribution in [3.63, 3.8) is 0 Å². The van der Waals surface area contributed by atoms with Gasteiger partial charge in [0.05, 0.1) is 6.61 Å². The van der Waals surface area contributed by atoms with Crippen LogP contribution >= 0.6 is 0 Å². The van der Waals surface area contributed by atoms with Crippen molar-refractivity contribution in [2.45, 2.75) is 46.5 Å². The molecule has 0 saturated heterocycles. The maximum absolute atomic E-state index is 5.08. The van der Waals surface area contributed by atoms with Gasteiger partial charge in [-0.2, -0.15) is 0 Å². The molecule has 0 fully saturated rings. The number of ether oxygens (including phenoxy) is 1. The Kier molecular flexibility index (Phi) is 6.76. The zero-order valence-electron chi connectivity index (χ0n) is 16.2. The summed E-state index contributed by atoms with van der Waals surface area (Å²) in [6.45, 7) is 12.1. The van der Waals surface area contributed by atoms with Gasteiger partial charge < -0.3 is 15.4 Å². The lowest BCUT2D eigenvalue weighted by atomic mass is 9.92. The lowest BCUT2D eigenvalue weighted by Crippen LogP contribution is -2.11. The van der Waals surface area contributed by atoms with E-state index < -0.39 is 0 Å². The highest BCUT2D eigenvalue weighted by atomic mass is 16.5. The summed E-state index contributed by atoms with van der Waals surface area (Å²) < 4.78 is 5.08. The first-order valence-corrected chi connectivity index (χ1v) is 8.90. The Morgan fingerprint density at radius 2 is 1.60 bits per heavy atom. The summed E-state index contributed by atoms with van der Waals surface area (Å²) in [5.41, 5.74) is 3.76. The van der Waals surface area contributed by atoms with Gasteiger partial charge in [0.25, 0.3) is 0 Å². The summed E-state index contributed by atoms with van der Waals surface area (Å²) in [5.74, 6) is 3.22. The van der Waals surface area contributed by atoms with Crippen LogP contribution in [-0.2, 0) is 4.74 Å². The van der Waals surface area contributed by atoms with Gasteiger partial charge >= 0.3 is 0 Å². The number of aromatic nitrogens is 2. The number of hydrogen-bond acceptors (Lipinski definition) is 5. The number of nitrogens with one attached hydrogen (secondary N) is 2. The number of rotatable bonds is 8. The van der Waals surface area contributed by atoms with Crippen molar-refractivity contribution in [1.29, 1.82) is 0 Å². The van der Waals surface area contributed by atoms with Gasteiger partial charge in [-0.25, -0.2) is 9.97 Å². The van der Waals surface area contributed by atoms with Crippen LogP contribution in [0.2, 0.25) is 0 Å². The quantitative estimate of drug-likeness (QED) is 0.673. The first kappa shape index (κ1) is 19.2. The predicted molar refractivity (Wildman–Crippen MR) is 105 cm³/mol. The number of anilines is 3. The van der Waals surface area contributed by atoms with Gasteiger partial charge in [-0.05, 0) is 29.9 Å². The minimum absolute atomic E-state index is 0.434. The second-order valence-corrected chi connectivity index (χ2v) is 6.85. The van der Waals surface area contributed by atoms with E-state index in [1.165, 1.54) is 11.1 Å². The molecule has 1 aromatic heterocycles. The second kappa shape index (κ2) is 8.81. The van der Waals surface area contributed by atoms with Gasteiger partial charge in [0.2, 0.25) is 0 Å². The number of para-hydroxylation sites is 1. The molecule has 0 aliphatic rings. The molecule has 5 heteroatoms. The average molecular weight is 342 g/mol. The van der Waals surface area contributed by atoms with Crippen molar-refractivity contribution in [1.82, 2.24) is 9.97 Å². The first-order valence-electron chi connectivity index (χ1n) is 8.90. The SMILES string of the molecule is COCCNc1cc(Nc2c(C(C)C)cccc2C(C)C)nc(C)n1. The smallest absolute Gasteiger partial charge is 0.136 e. The molecule has 1 aromatic carbocycles. The van der Waals surface area contributed by atoms with E-state index in [0.29, 0.717) is 25.0 Å². The lowest BCUT2D eigenvalue weighted by Gasteiger charge is -2.21. The molecule has 1 heterocycles. The Morgan fingerprint density at radius 1 is 1.00 bits per heavy atom. The maximum Gasteiger partial charge on any atom is 0.136 e.